The first-order valence-electron chi connectivity index (χ1n) is 10.4. The molecule has 0 bridgehead atoms. The minimum Gasteiger partial charge on any atom is -0.450 e. The van der Waals surface area contributed by atoms with Crippen molar-refractivity contribution < 1.29 is 9.53 Å². The van der Waals surface area contributed by atoms with Crippen LogP contribution in [0.3, 0.4) is 0 Å². The monoisotopic (exact) mass is 515 g/mol. The predicted molar refractivity (Wildman–Crippen MR) is 127 cm³/mol. The maximum absolute atomic E-state index is 11.8. The van der Waals surface area contributed by atoms with E-state index < -0.39 is 0 Å². The van der Waals surface area contributed by atoms with Gasteiger partial charge in [0, 0.05) is 52.4 Å². The molecular formula is C21H34IN5O2. The van der Waals surface area contributed by atoms with Crippen molar-refractivity contribution in [2.45, 2.75) is 38.8 Å². The van der Waals surface area contributed by atoms with Gasteiger partial charge in [-0.3, -0.25) is 9.89 Å². The van der Waals surface area contributed by atoms with Gasteiger partial charge in [0.05, 0.1) is 6.61 Å². The summed E-state index contributed by atoms with van der Waals surface area (Å²) in [6.45, 7) is 7.70. The first kappa shape index (κ1) is 23.7. The number of aliphatic imine (C=N–C) groups is 1. The van der Waals surface area contributed by atoms with E-state index in [1.54, 1.807) is 11.9 Å². The third-order valence-corrected chi connectivity index (χ3v) is 5.52. The Morgan fingerprint density at radius 3 is 2.62 bits per heavy atom. The van der Waals surface area contributed by atoms with Crippen LogP contribution in [-0.4, -0.2) is 74.3 Å². The molecule has 1 amide bonds. The average molecular weight is 515 g/mol. The summed E-state index contributed by atoms with van der Waals surface area (Å²) in [5.74, 6) is 0.840. The third-order valence-electron chi connectivity index (χ3n) is 5.52. The van der Waals surface area contributed by atoms with E-state index in [1.165, 1.54) is 11.1 Å². The fourth-order valence-corrected chi connectivity index (χ4v) is 3.89. The lowest BCUT2D eigenvalue weighted by Crippen LogP contribution is -2.50. The van der Waals surface area contributed by atoms with E-state index in [2.05, 4.69) is 44.8 Å². The molecule has 0 aliphatic carbocycles. The number of guanidine groups is 1. The van der Waals surface area contributed by atoms with Crippen LogP contribution in [-0.2, 0) is 17.7 Å². The van der Waals surface area contributed by atoms with Gasteiger partial charge in [-0.15, -0.1) is 24.0 Å². The van der Waals surface area contributed by atoms with Crippen molar-refractivity contribution in [1.82, 2.24) is 20.4 Å². The normalized spacial score (nSPS) is 17.9. The lowest BCUT2D eigenvalue weighted by molar-refractivity contribution is 0.0963. The molecule has 29 heavy (non-hydrogen) atoms. The second-order valence-corrected chi connectivity index (χ2v) is 7.40. The first-order chi connectivity index (χ1) is 13.7. The smallest absolute Gasteiger partial charge is 0.409 e. The van der Waals surface area contributed by atoms with Crippen molar-refractivity contribution in [2.75, 3.05) is 46.4 Å². The molecular weight excluding hydrogens is 481 g/mol. The number of rotatable bonds is 5. The number of nitrogens with zero attached hydrogens (tertiary/aromatic N) is 3. The van der Waals surface area contributed by atoms with Gasteiger partial charge in [0.2, 0.25) is 0 Å². The number of ether oxygens (including phenoxy) is 1. The highest BCUT2D eigenvalue weighted by molar-refractivity contribution is 14.0. The average Bonchev–Trinajstić information content (AvgIpc) is 2.73. The number of carbonyl (C=O) groups excluding carboxylic acids is 1. The van der Waals surface area contributed by atoms with Crippen molar-refractivity contribution in [3.63, 3.8) is 0 Å². The summed E-state index contributed by atoms with van der Waals surface area (Å²) in [6.07, 6.45) is 2.74. The topological polar surface area (TPSA) is 69.2 Å². The van der Waals surface area contributed by atoms with Gasteiger partial charge >= 0.3 is 6.09 Å². The highest BCUT2D eigenvalue weighted by atomic mass is 127. The summed E-state index contributed by atoms with van der Waals surface area (Å²) in [7, 11) is 1.81. The molecule has 0 radical (unpaired) electrons. The lowest BCUT2D eigenvalue weighted by atomic mass is 10.00. The Morgan fingerprint density at radius 2 is 1.93 bits per heavy atom. The zero-order valence-electron chi connectivity index (χ0n) is 17.5. The van der Waals surface area contributed by atoms with Crippen LogP contribution >= 0.6 is 24.0 Å². The van der Waals surface area contributed by atoms with Crippen LogP contribution < -0.4 is 10.6 Å². The highest BCUT2D eigenvalue weighted by Gasteiger charge is 2.24. The fourth-order valence-electron chi connectivity index (χ4n) is 3.89. The molecule has 162 valence electrons. The molecule has 2 aliphatic rings. The summed E-state index contributed by atoms with van der Waals surface area (Å²) >= 11 is 0. The fraction of sp³-hybridized carbons (Fsp3) is 0.619. The van der Waals surface area contributed by atoms with Gasteiger partial charge in [0.1, 0.15) is 0 Å². The molecule has 1 saturated heterocycles. The van der Waals surface area contributed by atoms with Crippen LogP contribution in [0.1, 0.15) is 30.9 Å². The molecule has 2 N–H and O–H groups in total. The number of nitrogens with one attached hydrogen (secondary N) is 2. The predicted octanol–water partition coefficient (Wildman–Crippen LogP) is 2.45. The van der Waals surface area contributed by atoms with Gasteiger partial charge in [-0.05, 0) is 37.3 Å². The molecule has 8 heteroatoms. The van der Waals surface area contributed by atoms with Crippen molar-refractivity contribution in [1.29, 1.82) is 0 Å². The van der Waals surface area contributed by atoms with Crippen molar-refractivity contribution >= 4 is 36.0 Å². The molecule has 1 fully saturated rings. The number of carbonyl (C=O) groups is 1. The van der Waals surface area contributed by atoms with Crippen molar-refractivity contribution in [3.05, 3.63) is 35.4 Å². The van der Waals surface area contributed by atoms with Crippen LogP contribution in [0.25, 0.3) is 0 Å². The van der Waals surface area contributed by atoms with Crippen LogP contribution in [0.15, 0.2) is 29.3 Å². The second-order valence-electron chi connectivity index (χ2n) is 7.40. The molecule has 3 rings (SSSR count). The van der Waals surface area contributed by atoms with E-state index in [1.807, 2.05) is 6.92 Å². The van der Waals surface area contributed by atoms with E-state index in [-0.39, 0.29) is 30.1 Å². The van der Waals surface area contributed by atoms with Gasteiger partial charge < -0.3 is 20.3 Å². The Hall–Kier alpha value is -1.55. The second kappa shape index (κ2) is 12.2. The van der Waals surface area contributed by atoms with Crippen molar-refractivity contribution in [3.8, 4) is 0 Å². The highest BCUT2D eigenvalue weighted by Crippen LogP contribution is 2.17. The zero-order chi connectivity index (χ0) is 19.8. The maximum Gasteiger partial charge on any atom is 0.409 e. The molecule has 0 atom stereocenters. The quantitative estimate of drug-likeness (QED) is 0.358. The van der Waals surface area contributed by atoms with E-state index in [9.17, 15) is 4.79 Å². The van der Waals surface area contributed by atoms with Crippen LogP contribution in [0.5, 0.6) is 0 Å². The number of piperidine rings is 1. The summed E-state index contributed by atoms with van der Waals surface area (Å²) in [5.41, 5.74) is 2.93. The van der Waals surface area contributed by atoms with Gasteiger partial charge in [-0.2, -0.15) is 0 Å². The number of fused-ring (bicyclic) bond motifs is 1. The Balaban J connectivity index is 0.00000300. The Labute approximate surface area is 191 Å². The molecule has 0 aromatic heterocycles. The van der Waals surface area contributed by atoms with Crippen LogP contribution in [0, 0.1) is 0 Å². The van der Waals surface area contributed by atoms with E-state index >= 15 is 0 Å². The van der Waals surface area contributed by atoms with Gasteiger partial charge in [0.25, 0.3) is 0 Å². The van der Waals surface area contributed by atoms with Gasteiger partial charge in [-0.1, -0.05) is 24.3 Å². The molecule has 0 saturated carbocycles. The lowest BCUT2D eigenvalue weighted by Gasteiger charge is -2.32. The standard InChI is InChI=1S/C21H33N5O2.HI/c1-3-28-21(27)26-13-9-19(10-14-26)24-20(22-2)23-11-15-25-12-8-17-6-4-5-7-18(17)16-25;/h4-7,19H,3,8-16H2,1-2H3,(H2,22,23,24);1H. The molecule has 1 aromatic carbocycles. The first-order valence-corrected chi connectivity index (χ1v) is 10.4. The Bertz CT molecular complexity index is 677. The molecule has 2 heterocycles. The zero-order valence-corrected chi connectivity index (χ0v) is 19.9. The summed E-state index contributed by atoms with van der Waals surface area (Å²) in [5, 5.41) is 6.93. The van der Waals surface area contributed by atoms with E-state index in [0.29, 0.717) is 12.6 Å². The van der Waals surface area contributed by atoms with E-state index in [0.717, 1.165) is 64.5 Å². The maximum atomic E-state index is 11.8. The summed E-state index contributed by atoms with van der Waals surface area (Å²) < 4.78 is 5.08. The molecule has 2 aliphatic heterocycles. The van der Waals surface area contributed by atoms with Crippen molar-refractivity contribution in [2.24, 2.45) is 4.99 Å². The van der Waals surface area contributed by atoms with E-state index in [4.69, 9.17) is 4.74 Å². The molecule has 7 nitrogen and oxygen atoms in total. The summed E-state index contributed by atoms with van der Waals surface area (Å²) in [4.78, 5) is 20.4. The number of hydrogen-bond acceptors (Lipinski definition) is 4. The largest absolute Gasteiger partial charge is 0.450 e. The Morgan fingerprint density at radius 1 is 1.21 bits per heavy atom. The van der Waals surface area contributed by atoms with Gasteiger partial charge in [-0.25, -0.2) is 4.79 Å². The number of benzene rings is 1. The van der Waals surface area contributed by atoms with Gasteiger partial charge in [0.15, 0.2) is 5.96 Å². The van der Waals surface area contributed by atoms with Crippen LogP contribution in [0.4, 0.5) is 4.79 Å². The minimum absolute atomic E-state index is 0. The molecule has 1 aromatic rings. The third kappa shape index (κ3) is 7.02. The van der Waals surface area contributed by atoms with Crippen LogP contribution in [0.2, 0.25) is 0 Å². The number of likely N-dealkylation sites (tertiary alicyclic amines) is 1. The SMILES string of the molecule is CCOC(=O)N1CCC(NC(=NC)NCCN2CCc3ccccc3C2)CC1.I. The molecule has 0 spiro atoms. The Kier molecular flexibility index (Phi) is 9.99. The minimum atomic E-state index is -0.202. The molecule has 0 unspecified atom stereocenters. The summed E-state index contributed by atoms with van der Waals surface area (Å²) in [6, 6.07) is 9.06. The number of hydrogen-bond donors (Lipinski definition) is 2. The number of halogens is 1. The number of amides is 1.